The first-order valence-electron chi connectivity index (χ1n) is 9.26. The van der Waals surface area contributed by atoms with E-state index in [1.807, 2.05) is 24.5 Å². The van der Waals surface area contributed by atoms with Crippen LogP contribution in [0.4, 0.5) is 0 Å². The standard InChI is InChI=1S/C21H26N4O/c1-15(23-13-21(26)10-16(11-21)12-22)17-6-8-18(9-7-17)25-14-24-19-4-2-3-5-20(19)25/h2-9,14-16,23,26H,10-13,22H2,1H3. The molecule has 5 nitrogen and oxygen atoms in total. The average molecular weight is 350 g/mol. The summed E-state index contributed by atoms with van der Waals surface area (Å²) in [6.07, 6.45) is 3.47. The van der Waals surface area contributed by atoms with Crippen molar-refractivity contribution >= 4 is 11.0 Å². The van der Waals surface area contributed by atoms with Gasteiger partial charge in [0.2, 0.25) is 0 Å². The topological polar surface area (TPSA) is 76.1 Å². The van der Waals surface area contributed by atoms with Gasteiger partial charge in [-0.3, -0.25) is 4.57 Å². The third-order valence-electron chi connectivity index (χ3n) is 5.53. The van der Waals surface area contributed by atoms with Crippen molar-refractivity contribution in [3.63, 3.8) is 0 Å². The van der Waals surface area contributed by atoms with Gasteiger partial charge in [0.05, 0.1) is 16.6 Å². The second-order valence-electron chi connectivity index (χ2n) is 7.53. The summed E-state index contributed by atoms with van der Waals surface area (Å²) in [4.78, 5) is 4.45. The zero-order chi connectivity index (χ0) is 18.1. The second-order valence-corrected chi connectivity index (χ2v) is 7.53. The molecule has 0 aliphatic heterocycles. The van der Waals surface area contributed by atoms with Crippen LogP contribution >= 0.6 is 0 Å². The van der Waals surface area contributed by atoms with E-state index in [1.165, 1.54) is 5.56 Å². The lowest BCUT2D eigenvalue weighted by atomic mass is 9.71. The largest absolute Gasteiger partial charge is 0.389 e. The van der Waals surface area contributed by atoms with Crippen LogP contribution in [0, 0.1) is 5.92 Å². The molecule has 0 radical (unpaired) electrons. The molecule has 5 heteroatoms. The van der Waals surface area contributed by atoms with Crippen molar-refractivity contribution in [3.8, 4) is 5.69 Å². The van der Waals surface area contributed by atoms with E-state index in [0.29, 0.717) is 19.0 Å². The summed E-state index contributed by atoms with van der Waals surface area (Å²) in [6.45, 7) is 3.41. The van der Waals surface area contributed by atoms with Gasteiger partial charge < -0.3 is 16.2 Å². The Bertz CT molecular complexity index is 880. The minimum atomic E-state index is -0.589. The smallest absolute Gasteiger partial charge is 0.100 e. The van der Waals surface area contributed by atoms with E-state index in [-0.39, 0.29) is 6.04 Å². The summed E-state index contributed by atoms with van der Waals surface area (Å²) in [6, 6.07) is 16.8. The number of aliphatic hydroxyl groups is 1. The molecule has 0 bridgehead atoms. The zero-order valence-electron chi connectivity index (χ0n) is 15.1. The molecule has 3 aromatic rings. The number of nitrogens with two attached hydrogens (primary N) is 1. The van der Waals surface area contributed by atoms with Gasteiger partial charge in [-0.1, -0.05) is 24.3 Å². The molecule has 1 fully saturated rings. The van der Waals surface area contributed by atoms with Gasteiger partial charge in [0, 0.05) is 18.3 Å². The maximum atomic E-state index is 10.4. The molecular weight excluding hydrogens is 324 g/mol. The molecule has 4 rings (SSSR count). The first-order valence-corrected chi connectivity index (χ1v) is 9.26. The predicted octanol–water partition coefficient (Wildman–Crippen LogP) is 2.78. The Labute approximate surface area is 153 Å². The molecule has 1 heterocycles. The number of imidazole rings is 1. The van der Waals surface area contributed by atoms with Gasteiger partial charge in [0.1, 0.15) is 6.33 Å². The molecule has 1 atom stereocenters. The van der Waals surface area contributed by atoms with Crippen molar-refractivity contribution in [1.29, 1.82) is 0 Å². The molecule has 26 heavy (non-hydrogen) atoms. The molecule has 0 amide bonds. The highest BCUT2D eigenvalue weighted by Gasteiger charge is 2.41. The molecule has 2 aromatic carbocycles. The van der Waals surface area contributed by atoms with Crippen molar-refractivity contribution in [2.45, 2.75) is 31.4 Å². The van der Waals surface area contributed by atoms with E-state index in [1.54, 1.807) is 0 Å². The van der Waals surface area contributed by atoms with E-state index in [0.717, 1.165) is 29.6 Å². The van der Waals surface area contributed by atoms with Gasteiger partial charge in [-0.25, -0.2) is 4.98 Å². The van der Waals surface area contributed by atoms with Gasteiger partial charge in [-0.15, -0.1) is 0 Å². The van der Waals surface area contributed by atoms with E-state index >= 15 is 0 Å². The molecule has 0 spiro atoms. The molecule has 4 N–H and O–H groups in total. The van der Waals surface area contributed by atoms with Crippen molar-refractivity contribution in [2.24, 2.45) is 11.7 Å². The van der Waals surface area contributed by atoms with E-state index in [9.17, 15) is 5.11 Å². The summed E-state index contributed by atoms with van der Waals surface area (Å²) in [5, 5.41) is 13.9. The van der Waals surface area contributed by atoms with E-state index < -0.39 is 5.60 Å². The van der Waals surface area contributed by atoms with Crippen LogP contribution in [0.15, 0.2) is 54.9 Å². The van der Waals surface area contributed by atoms with Crippen LogP contribution in [-0.2, 0) is 0 Å². The van der Waals surface area contributed by atoms with Gasteiger partial charge in [-0.2, -0.15) is 0 Å². The summed E-state index contributed by atoms with van der Waals surface area (Å²) < 4.78 is 2.10. The molecule has 1 unspecified atom stereocenters. The number of rotatable bonds is 6. The maximum absolute atomic E-state index is 10.4. The van der Waals surface area contributed by atoms with Crippen molar-refractivity contribution in [3.05, 3.63) is 60.4 Å². The number of hydrogen-bond donors (Lipinski definition) is 3. The molecule has 1 aliphatic rings. The number of benzene rings is 2. The van der Waals surface area contributed by atoms with Crippen LogP contribution in [0.25, 0.3) is 16.7 Å². The quantitative estimate of drug-likeness (QED) is 0.639. The van der Waals surface area contributed by atoms with Crippen molar-refractivity contribution < 1.29 is 5.11 Å². The third kappa shape index (κ3) is 3.26. The molecule has 1 aliphatic carbocycles. The molecule has 1 aromatic heterocycles. The Balaban J connectivity index is 1.43. The van der Waals surface area contributed by atoms with Gasteiger partial charge >= 0.3 is 0 Å². The Morgan fingerprint density at radius 3 is 2.69 bits per heavy atom. The van der Waals surface area contributed by atoms with Crippen LogP contribution in [0.3, 0.4) is 0 Å². The lowest BCUT2D eigenvalue weighted by molar-refractivity contribution is -0.0692. The van der Waals surface area contributed by atoms with Crippen molar-refractivity contribution in [1.82, 2.24) is 14.9 Å². The third-order valence-corrected chi connectivity index (χ3v) is 5.53. The highest BCUT2D eigenvalue weighted by molar-refractivity contribution is 5.77. The minimum absolute atomic E-state index is 0.185. The van der Waals surface area contributed by atoms with Crippen LogP contribution in [0.1, 0.15) is 31.4 Å². The summed E-state index contributed by atoms with van der Waals surface area (Å²) in [7, 11) is 0. The number of nitrogens with one attached hydrogen (secondary N) is 1. The summed E-state index contributed by atoms with van der Waals surface area (Å²) in [5.74, 6) is 0.474. The highest BCUT2D eigenvalue weighted by Crippen LogP contribution is 2.36. The van der Waals surface area contributed by atoms with Crippen molar-refractivity contribution in [2.75, 3.05) is 13.1 Å². The SMILES string of the molecule is CC(NCC1(O)CC(CN)C1)c1ccc(-n2cnc3ccccc32)cc1. The van der Waals surface area contributed by atoms with Crippen LogP contribution in [-0.4, -0.2) is 33.3 Å². The summed E-state index contributed by atoms with van der Waals surface area (Å²) in [5.41, 5.74) is 9.47. The highest BCUT2D eigenvalue weighted by atomic mass is 16.3. The number of aromatic nitrogens is 2. The Morgan fingerprint density at radius 1 is 1.23 bits per heavy atom. The molecule has 1 saturated carbocycles. The fraction of sp³-hybridized carbons (Fsp3) is 0.381. The van der Waals surface area contributed by atoms with Crippen LogP contribution in [0.5, 0.6) is 0 Å². The summed E-state index contributed by atoms with van der Waals surface area (Å²) >= 11 is 0. The number of fused-ring (bicyclic) bond motifs is 1. The predicted molar refractivity (Wildman–Crippen MR) is 104 cm³/mol. The number of para-hydroxylation sites is 2. The lowest BCUT2D eigenvalue weighted by Crippen LogP contribution is -2.53. The van der Waals surface area contributed by atoms with Gasteiger partial charge in [-0.05, 0) is 62.1 Å². The first-order chi connectivity index (χ1) is 12.6. The molecule has 0 saturated heterocycles. The van der Waals surface area contributed by atoms with Gasteiger partial charge in [0.15, 0.2) is 0 Å². The van der Waals surface area contributed by atoms with Crippen LogP contribution in [0.2, 0.25) is 0 Å². The minimum Gasteiger partial charge on any atom is -0.389 e. The monoisotopic (exact) mass is 350 g/mol. The fourth-order valence-electron chi connectivity index (χ4n) is 3.88. The Kier molecular flexibility index (Phi) is 4.53. The zero-order valence-corrected chi connectivity index (χ0v) is 15.1. The normalized spacial score (nSPS) is 23.7. The number of nitrogens with zero attached hydrogens (tertiary/aromatic N) is 2. The maximum Gasteiger partial charge on any atom is 0.100 e. The van der Waals surface area contributed by atoms with E-state index in [2.05, 4.69) is 52.1 Å². The van der Waals surface area contributed by atoms with Gasteiger partial charge in [0.25, 0.3) is 0 Å². The molecule has 136 valence electrons. The first kappa shape index (κ1) is 17.2. The van der Waals surface area contributed by atoms with Crippen LogP contribution < -0.4 is 11.1 Å². The second kappa shape index (κ2) is 6.83. The Morgan fingerprint density at radius 2 is 1.96 bits per heavy atom. The average Bonchev–Trinajstić information content (AvgIpc) is 3.08. The molecular formula is C21H26N4O. The Hall–Kier alpha value is -2.21. The van der Waals surface area contributed by atoms with E-state index in [4.69, 9.17) is 5.73 Å². The number of hydrogen-bond acceptors (Lipinski definition) is 4. The fourth-order valence-corrected chi connectivity index (χ4v) is 3.88. The lowest BCUT2D eigenvalue weighted by Gasteiger charge is -2.44.